The van der Waals surface area contributed by atoms with E-state index in [-0.39, 0.29) is 0 Å². The van der Waals surface area contributed by atoms with Gasteiger partial charge in [-0.2, -0.15) is 0 Å². The van der Waals surface area contributed by atoms with Crippen LogP contribution in [0.5, 0.6) is 0 Å². The van der Waals surface area contributed by atoms with Gasteiger partial charge in [-0.15, -0.1) is 6.42 Å². The highest BCUT2D eigenvalue weighted by atomic mass is 14.1. The van der Waals surface area contributed by atoms with Gasteiger partial charge in [-0.1, -0.05) is 48.4 Å². The molecule has 0 fully saturated rings. The number of fused-ring (bicyclic) bond motifs is 1. The first kappa shape index (κ1) is 10.6. The summed E-state index contributed by atoms with van der Waals surface area (Å²) in [4.78, 5) is 0. The van der Waals surface area contributed by atoms with Crippen LogP contribution in [-0.2, 0) is 0 Å². The molecule has 0 unspecified atom stereocenters. The van der Waals surface area contributed by atoms with Crippen molar-refractivity contribution in [1.29, 1.82) is 0 Å². The topological polar surface area (TPSA) is 0 Å². The molecule has 0 amide bonds. The summed E-state index contributed by atoms with van der Waals surface area (Å²) >= 11 is 0. The Morgan fingerprint density at radius 2 is 1.22 bits per heavy atom. The van der Waals surface area contributed by atoms with E-state index in [0.717, 1.165) is 5.56 Å². The van der Waals surface area contributed by atoms with Gasteiger partial charge in [0.1, 0.15) is 0 Å². The summed E-state index contributed by atoms with van der Waals surface area (Å²) in [5.41, 5.74) is 5.88. The second-order valence-electron chi connectivity index (χ2n) is 4.29. The van der Waals surface area contributed by atoms with Crippen LogP contribution in [0.4, 0.5) is 0 Å². The van der Waals surface area contributed by atoms with E-state index >= 15 is 0 Å². The maximum Gasteiger partial charge on any atom is 0.0243 e. The zero-order valence-electron chi connectivity index (χ0n) is 9.93. The fraction of sp³-hybridized carbons (Fsp3) is 0. The zero-order valence-corrected chi connectivity index (χ0v) is 9.93. The average molecular weight is 228 g/mol. The Balaban J connectivity index is 2.10. The van der Waals surface area contributed by atoms with E-state index in [9.17, 15) is 0 Å². The average Bonchev–Trinajstić information content (AvgIpc) is 2.70. The van der Waals surface area contributed by atoms with Gasteiger partial charge in [0.05, 0.1) is 0 Å². The molecule has 0 aromatic heterocycles. The molecule has 2 aliphatic carbocycles. The molecule has 1 aromatic carbocycles. The van der Waals surface area contributed by atoms with Crippen LogP contribution in [0.25, 0.3) is 22.3 Å². The van der Waals surface area contributed by atoms with Gasteiger partial charge in [0.25, 0.3) is 0 Å². The normalized spacial score (nSPS) is 10.2. The Hall–Kier alpha value is -2.52. The summed E-state index contributed by atoms with van der Waals surface area (Å²) in [6.07, 6.45) is 5.36. The standard InChI is InChI=1S/C18H12/c1-2-14-8-10-15(11-9-14)18-12-16-6-4-3-5-7-17(16)13-18/h1,3-13H. The smallest absolute Gasteiger partial charge is 0.0243 e. The van der Waals surface area contributed by atoms with Gasteiger partial charge in [-0.25, -0.2) is 0 Å². The number of hydrogen-bond donors (Lipinski definition) is 0. The molecule has 0 saturated carbocycles. The van der Waals surface area contributed by atoms with Crippen LogP contribution in [0, 0.1) is 12.3 Å². The van der Waals surface area contributed by atoms with Crippen molar-refractivity contribution in [3.8, 4) is 34.6 Å². The van der Waals surface area contributed by atoms with E-state index in [0.29, 0.717) is 0 Å². The second-order valence-corrected chi connectivity index (χ2v) is 4.29. The highest BCUT2D eigenvalue weighted by Crippen LogP contribution is 2.31. The lowest BCUT2D eigenvalue weighted by Gasteiger charge is -1.97. The molecular formula is C18H12. The maximum absolute atomic E-state index is 5.36. The van der Waals surface area contributed by atoms with Gasteiger partial charge in [0, 0.05) is 5.56 Å². The molecule has 0 aliphatic heterocycles. The van der Waals surface area contributed by atoms with E-state index in [1.54, 1.807) is 0 Å². The van der Waals surface area contributed by atoms with Crippen LogP contribution in [0.15, 0.2) is 66.7 Å². The van der Waals surface area contributed by atoms with E-state index in [4.69, 9.17) is 6.42 Å². The second kappa shape index (κ2) is 4.39. The third-order valence-electron chi connectivity index (χ3n) is 3.11. The van der Waals surface area contributed by atoms with Crippen LogP contribution in [0.3, 0.4) is 0 Å². The molecule has 3 rings (SSSR count). The van der Waals surface area contributed by atoms with Gasteiger partial charge < -0.3 is 0 Å². The number of hydrogen-bond acceptors (Lipinski definition) is 0. The van der Waals surface area contributed by atoms with Crippen LogP contribution < -0.4 is 0 Å². The highest BCUT2D eigenvalue weighted by molar-refractivity contribution is 5.79. The van der Waals surface area contributed by atoms with Gasteiger partial charge in [0.15, 0.2) is 0 Å². The molecular weight excluding hydrogens is 216 g/mol. The molecule has 0 bridgehead atoms. The van der Waals surface area contributed by atoms with Crippen molar-refractivity contribution in [2.75, 3.05) is 0 Å². The monoisotopic (exact) mass is 228 g/mol. The number of benzene rings is 1. The van der Waals surface area contributed by atoms with Gasteiger partial charge in [0.2, 0.25) is 0 Å². The van der Waals surface area contributed by atoms with Crippen LogP contribution in [0.1, 0.15) is 5.56 Å². The summed E-state index contributed by atoms with van der Waals surface area (Å²) in [5, 5.41) is 0. The summed E-state index contributed by atoms with van der Waals surface area (Å²) < 4.78 is 0. The van der Waals surface area contributed by atoms with E-state index in [2.05, 4.69) is 54.5 Å². The first-order chi connectivity index (χ1) is 8.86. The van der Waals surface area contributed by atoms with Crippen LogP contribution in [0.2, 0.25) is 0 Å². The molecule has 0 N–H and O–H groups in total. The van der Waals surface area contributed by atoms with Crippen molar-refractivity contribution in [2.45, 2.75) is 0 Å². The van der Waals surface area contributed by atoms with Crippen molar-refractivity contribution in [1.82, 2.24) is 0 Å². The lowest BCUT2D eigenvalue weighted by molar-refractivity contribution is 1.63. The Bertz CT molecular complexity index is 653. The molecule has 2 aliphatic rings. The lowest BCUT2D eigenvalue weighted by Crippen LogP contribution is -1.75. The molecule has 0 nitrogen and oxygen atoms in total. The largest absolute Gasteiger partial charge is 0.115 e. The Kier molecular flexibility index (Phi) is 2.59. The molecule has 0 heterocycles. The summed E-state index contributed by atoms with van der Waals surface area (Å²) in [6, 6.07) is 23.0. The van der Waals surface area contributed by atoms with Crippen molar-refractivity contribution in [2.24, 2.45) is 0 Å². The predicted molar refractivity (Wildman–Crippen MR) is 76.4 cm³/mol. The molecule has 0 atom stereocenters. The first-order valence-electron chi connectivity index (χ1n) is 5.93. The fourth-order valence-electron chi connectivity index (χ4n) is 2.14. The third-order valence-corrected chi connectivity index (χ3v) is 3.11. The van der Waals surface area contributed by atoms with E-state index in [1.165, 1.54) is 22.3 Å². The third kappa shape index (κ3) is 1.87. The van der Waals surface area contributed by atoms with Gasteiger partial charge in [-0.05, 0) is 46.5 Å². The van der Waals surface area contributed by atoms with Gasteiger partial charge >= 0.3 is 0 Å². The molecule has 0 spiro atoms. The highest BCUT2D eigenvalue weighted by Gasteiger charge is 2.06. The Morgan fingerprint density at radius 3 is 1.78 bits per heavy atom. The molecule has 0 heteroatoms. The van der Waals surface area contributed by atoms with Crippen molar-refractivity contribution >= 4 is 0 Å². The summed E-state index contributed by atoms with van der Waals surface area (Å²) in [5.74, 6) is 2.64. The van der Waals surface area contributed by atoms with E-state index in [1.807, 2.05) is 18.2 Å². The molecule has 18 heavy (non-hydrogen) atoms. The number of rotatable bonds is 1. The zero-order chi connectivity index (χ0) is 12.4. The Labute approximate surface area is 107 Å². The SMILES string of the molecule is C#Cc1ccc(-c2cc3cccccc-3c2)cc1. The lowest BCUT2D eigenvalue weighted by atomic mass is 10.1. The summed E-state index contributed by atoms with van der Waals surface area (Å²) in [6.45, 7) is 0. The van der Waals surface area contributed by atoms with Crippen molar-refractivity contribution in [3.63, 3.8) is 0 Å². The molecule has 1 aromatic rings. The quantitative estimate of drug-likeness (QED) is 0.540. The number of terminal acetylenes is 1. The molecule has 0 saturated heterocycles. The van der Waals surface area contributed by atoms with Crippen molar-refractivity contribution < 1.29 is 0 Å². The predicted octanol–water partition coefficient (Wildman–Crippen LogP) is 4.44. The minimum atomic E-state index is 0.918. The minimum Gasteiger partial charge on any atom is -0.115 e. The maximum atomic E-state index is 5.36. The first-order valence-corrected chi connectivity index (χ1v) is 5.93. The van der Waals surface area contributed by atoms with Crippen LogP contribution in [-0.4, -0.2) is 0 Å². The minimum absolute atomic E-state index is 0.918. The molecule has 0 radical (unpaired) electrons. The van der Waals surface area contributed by atoms with Crippen molar-refractivity contribution in [3.05, 3.63) is 72.3 Å². The molecule has 84 valence electrons. The van der Waals surface area contributed by atoms with Crippen LogP contribution >= 0.6 is 0 Å². The Morgan fingerprint density at radius 1 is 0.611 bits per heavy atom. The summed E-state index contributed by atoms with van der Waals surface area (Å²) in [7, 11) is 0. The fourth-order valence-corrected chi connectivity index (χ4v) is 2.14. The van der Waals surface area contributed by atoms with E-state index < -0.39 is 0 Å². The van der Waals surface area contributed by atoms with Gasteiger partial charge in [-0.3, -0.25) is 0 Å².